The van der Waals surface area contributed by atoms with Crippen molar-refractivity contribution in [3.05, 3.63) is 0 Å². The van der Waals surface area contributed by atoms with Crippen LogP contribution in [0.4, 0.5) is 0 Å². The standard InChI is InChI=1S/C28H52N2O5/c1-23(2)19-27(32-15-16-33-27)20-24(3,4)29(23)11-9-13-31-14-10-12-30-25(5,6)21-28(22-26(30,7)8)34-17-18-35-28/h9-22H2,1-8H3. The van der Waals surface area contributed by atoms with Crippen LogP contribution in [0.3, 0.4) is 0 Å². The molecule has 204 valence electrons. The molecule has 4 rings (SSSR count). The van der Waals surface area contributed by atoms with Gasteiger partial charge in [0.05, 0.1) is 26.4 Å². The number of nitrogens with zero attached hydrogens (tertiary/aromatic N) is 2. The summed E-state index contributed by atoms with van der Waals surface area (Å²) < 4.78 is 30.5. The Bertz CT molecular complexity index is 623. The lowest BCUT2D eigenvalue weighted by molar-refractivity contribution is -0.239. The molecule has 7 nitrogen and oxygen atoms in total. The van der Waals surface area contributed by atoms with Crippen LogP contribution in [0.1, 0.15) is 93.9 Å². The Morgan fingerprint density at radius 1 is 0.514 bits per heavy atom. The number of hydrogen-bond donors (Lipinski definition) is 0. The van der Waals surface area contributed by atoms with E-state index in [1.807, 2.05) is 0 Å². The quantitative estimate of drug-likeness (QED) is 0.456. The van der Waals surface area contributed by atoms with E-state index in [1.54, 1.807) is 0 Å². The monoisotopic (exact) mass is 496 g/mol. The van der Waals surface area contributed by atoms with Gasteiger partial charge in [-0.25, -0.2) is 0 Å². The van der Waals surface area contributed by atoms with Gasteiger partial charge in [0.1, 0.15) is 0 Å². The zero-order valence-electron chi connectivity index (χ0n) is 23.8. The summed E-state index contributed by atoms with van der Waals surface area (Å²) in [6, 6.07) is 0. The maximum absolute atomic E-state index is 6.12. The maximum atomic E-state index is 6.12. The fourth-order valence-corrected chi connectivity index (χ4v) is 8.15. The molecule has 0 radical (unpaired) electrons. The molecule has 0 aromatic carbocycles. The van der Waals surface area contributed by atoms with Crippen LogP contribution in [0.5, 0.6) is 0 Å². The molecular formula is C28H52N2O5. The Balaban J connectivity index is 1.19. The fourth-order valence-electron chi connectivity index (χ4n) is 8.15. The molecule has 4 aliphatic heterocycles. The van der Waals surface area contributed by atoms with E-state index >= 15 is 0 Å². The lowest BCUT2D eigenvalue weighted by Gasteiger charge is -2.57. The Hall–Kier alpha value is -0.280. The molecule has 0 amide bonds. The third-order valence-corrected chi connectivity index (χ3v) is 8.70. The molecule has 4 saturated heterocycles. The zero-order chi connectivity index (χ0) is 25.6. The van der Waals surface area contributed by atoms with E-state index < -0.39 is 11.6 Å². The van der Waals surface area contributed by atoms with Gasteiger partial charge in [0.15, 0.2) is 11.6 Å². The predicted molar refractivity (Wildman–Crippen MR) is 138 cm³/mol. The normalized spacial score (nSPS) is 30.9. The minimum Gasteiger partial charge on any atom is -0.381 e. The Kier molecular flexibility index (Phi) is 7.76. The number of hydrogen-bond acceptors (Lipinski definition) is 7. The summed E-state index contributed by atoms with van der Waals surface area (Å²) in [6.07, 6.45) is 5.76. The highest BCUT2D eigenvalue weighted by molar-refractivity contribution is 5.06. The number of ether oxygens (including phenoxy) is 5. The average Bonchev–Trinajstić information content (AvgIpc) is 3.31. The van der Waals surface area contributed by atoms with E-state index in [0.29, 0.717) is 26.4 Å². The van der Waals surface area contributed by atoms with Crippen LogP contribution in [0.25, 0.3) is 0 Å². The van der Waals surface area contributed by atoms with Gasteiger partial charge in [-0.2, -0.15) is 0 Å². The molecule has 0 bridgehead atoms. The van der Waals surface area contributed by atoms with Gasteiger partial charge >= 0.3 is 0 Å². The molecule has 0 aliphatic carbocycles. The van der Waals surface area contributed by atoms with Crippen molar-refractivity contribution in [2.24, 2.45) is 0 Å². The molecule has 4 heterocycles. The van der Waals surface area contributed by atoms with Gasteiger partial charge < -0.3 is 23.7 Å². The molecule has 7 heteroatoms. The first-order valence-corrected chi connectivity index (χ1v) is 13.9. The third kappa shape index (κ3) is 5.92. The summed E-state index contributed by atoms with van der Waals surface area (Å²) >= 11 is 0. The molecule has 0 atom stereocenters. The predicted octanol–water partition coefficient (Wildman–Crippen LogP) is 4.58. The van der Waals surface area contributed by atoms with Crippen LogP contribution in [-0.4, -0.2) is 96.3 Å². The van der Waals surface area contributed by atoms with Crippen molar-refractivity contribution in [3.63, 3.8) is 0 Å². The number of piperidine rings is 2. The van der Waals surface area contributed by atoms with Gasteiger partial charge in [0.25, 0.3) is 0 Å². The lowest BCUT2D eigenvalue weighted by atomic mass is 9.76. The van der Waals surface area contributed by atoms with Gasteiger partial charge in [0, 0.05) is 74.1 Å². The van der Waals surface area contributed by atoms with Crippen LogP contribution < -0.4 is 0 Å². The van der Waals surface area contributed by atoms with E-state index in [1.165, 1.54) is 0 Å². The highest BCUT2D eigenvalue weighted by Crippen LogP contribution is 2.48. The highest BCUT2D eigenvalue weighted by atomic mass is 16.7. The first kappa shape index (κ1) is 27.7. The van der Waals surface area contributed by atoms with E-state index in [4.69, 9.17) is 23.7 Å². The summed E-state index contributed by atoms with van der Waals surface area (Å²) in [5.41, 5.74) is 0.118. The molecule has 0 saturated carbocycles. The first-order chi connectivity index (χ1) is 16.2. The molecule has 0 aromatic heterocycles. The van der Waals surface area contributed by atoms with E-state index in [9.17, 15) is 0 Å². The Morgan fingerprint density at radius 2 is 0.800 bits per heavy atom. The second kappa shape index (κ2) is 9.79. The van der Waals surface area contributed by atoms with E-state index in [0.717, 1.165) is 64.8 Å². The molecule has 0 N–H and O–H groups in total. The summed E-state index contributed by atoms with van der Waals surface area (Å²) in [7, 11) is 0. The van der Waals surface area contributed by atoms with Crippen LogP contribution >= 0.6 is 0 Å². The van der Waals surface area contributed by atoms with Crippen molar-refractivity contribution >= 4 is 0 Å². The molecule has 2 spiro atoms. The summed E-state index contributed by atoms with van der Waals surface area (Å²) in [6.45, 7) is 25.2. The largest absolute Gasteiger partial charge is 0.381 e. The van der Waals surface area contributed by atoms with Crippen molar-refractivity contribution < 1.29 is 23.7 Å². The van der Waals surface area contributed by atoms with E-state index in [-0.39, 0.29) is 22.2 Å². The van der Waals surface area contributed by atoms with Crippen molar-refractivity contribution in [3.8, 4) is 0 Å². The number of likely N-dealkylation sites (tertiary alicyclic amines) is 2. The number of rotatable bonds is 8. The van der Waals surface area contributed by atoms with Crippen LogP contribution in [0.15, 0.2) is 0 Å². The van der Waals surface area contributed by atoms with E-state index in [2.05, 4.69) is 65.2 Å². The first-order valence-electron chi connectivity index (χ1n) is 13.9. The average molecular weight is 497 g/mol. The molecular weight excluding hydrogens is 444 g/mol. The second-order valence-electron chi connectivity index (χ2n) is 13.8. The zero-order valence-corrected chi connectivity index (χ0v) is 23.8. The molecule has 35 heavy (non-hydrogen) atoms. The van der Waals surface area contributed by atoms with Crippen molar-refractivity contribution in [2.75, 3.05) is 52.7 Å². The van der Waals surface area contributed by atoms with Crippen molar-refractivity contribution in [1.82, 2.24) is 9.80 Å². The highest BCUT2D eigenvalue weighted by Gasteiger charge is 2.56. The van der Waals surface area contributed by atoms with Crippen LogP contribution in [0, 0.1) is 0 Å². The van der Waals surface area contributed by atoms with Gasteiger partial charge in [-0.15, -0.1) is 0 Å². The van der Waals surface area contributed by atoms with Gasteiger partial charge in [0.2, 0.25) is 0 Å². The minimum atomic E-state index is -0.397. The summed E-state index contributed by atoms with van der Waals surface area (Å²) in [4.78, 5) is 5.28. The van der Waals surface area contributed by atoms with Gasteiger partial charge in [-0.05, 0) is 68.2 Å². The molecule has 0 aromatic rings. The lowest BCUT2D eigenvalue weighted by Crippen LogP contribution is -2.66. The Morgan fingerprint density at radius 3 is 1.09 bits per heavy atom. The summed E-state index contributed by atoms with van der Waals surface area (Å²) in [5, 5.41) is 0. The maximum Gasteiger partial charge on any atom is 0.171 e. The van der Waals surface area contributed by atoms with Crippen LogP contribution in [0.2, 0.25) is 0 Å². The molecule has 0 unspecified atom stereocenters. The van der Waals surface area contributed by atoms with Gasteiger partial charge in [-0.3, -0.25) is 9.80 Å². The van der Waals surface area contributed by atoms with Gasteiger partial charge in [-0.1, -0.05) is 0 Å². The topological polar surface area (TPSA) is 52.6 Å². The second-order valence-corrected chi connectivity index (χ2v) is 13.8. The SMILES string of the molecule is CC1(C)CC2(CC(C)(C)N1CCCOCCCN1C(C)(C)CC3(CC1(C)C)OCCO3)OCCO2. The molecule has 4 fully saturated rings. The van der Waals surface area contributed by atoms with Crippen molar-refractivity contribution in [2.45, 2.75) is 128 Å². The fraction of sp³-hybridized carbons (Fsp3) is 1.00. The molecule has 4 aliphatic rings. The Labute approximate surface area is 214 Å². The third-order valence-electron chi connectivity index (χ3n) is 8.70. The summed E-state index contributed by atoms with van der Waals surface area (Å²) in [5.74, 6) is -0.794. The minimum absolute atomic E-state index is 0.0294. The van der Waals surface area contributed by atoms with Crippen LogP contribution in [-0.2, 0) is 23.7 Å². The smallest absolute Gasteiger partial charge is 0.171 e. The van der Waals surface area contributed by atoms with Crippen molar-refractivity contribution in [1.29, 1.82) is 0 Å².